The Kier molecular flexibility index (Phi) is 10.4. The van der Waals surface area contributed by atoms with Gasteiger partial charge in [-0.3, -0.25) is 9.69 Å². The Hall–Kier alpha value is -0.850. The van der Waals surface area contributed by atoms with Gasteiger partial charge in [-0.25, -0.2) is 0 Å². The lowest BCUT2D eigenvalue weighted by atomic mass is 10.1. The minimum Gasteiger partial charge on any atom is -0.379 e. The zero-order valence-corrected chi connectivity index (χ0v) is 14.4. The van der Waals surface area contributed by atoms with E-state index >= 15 is 0 Å². The van der Waals surface area contributed by atoms with Crippen LogP contribution in [0.3, 0.4) is 0 Å². The fourth-order valence-electron chi connectivity index (χ4n) is 2.36. The highest BCUT2D eigenvalue weighted by molar-refractivity contribution is 5.85. The van der Waals surface area contributed by atoms with E-state index in [1.807, 2.05) is 37.3 Å². The van der Waals surface area contributed by atoms with Gasteiger partial charge < -0.3 is 15.8 Å². The predicted molar refractivity (Wildman–Crippen MR) is 92.7 cm³/mol. The number of benzene rings is 1. The molecule has 2 rings (SSSR count). The molecule has 0 aliphatic carbocycles. The summed E-state index contributed by atoms with van der Waals surface area (Å²) in [6.07, 6.45) is 0. The Morgan fingerprint density at radius 2 is 1.86 bits per heavy atom. The molecule has 7 heteroatoms. The van der Waals surface area contributed by atoms with Gasteiger partial charge >= 0.3 is 0 Å². The molecule has 0 bridgehead atoms. The first-order chi connectivity index (χ1) is 9.66. The van der Waals surface area contributed by atoms with Gasteiger partial charge in [0.05, 0.1) is 13.2 Å². The van der Waals surface area contributed by atoms with Crippen LogP contribution in [0.4, 0.5) is 0 Å². The quantitative estimate of drug-likeness (QED) is 0.842. The smallest absolute Gasteiger partial charge is 0.241 e. The van der Waals surface area contributed by atoms with Crippen molar-refractivity contribution in [3.8, 4) is 0 Å². The molecule has 1 saturated heterocycles. The van der Waals surface area contributed by atoms with Gasteiger partial charge in [-0.1, -0.05) is 30.3 Å². The van der Waals surface area contributed by atoms with Gasteiger partial charge in [0.2, 0.25) is 5.91 Å². The Bertz CT molecular complexity index is 428. The third kappa shape index (κ3) is 6.50. The summed E-state index contributed by atoms with van der Waals surface area (Å²) < 4.78 is 5.31. The number of rotatable bonds is 5. The second-order valence-corrected chi connectivity index (χ2v) is 5.21. The lowest BCUT2D eigenvalue weighted by Gasteiger charge is -2.29. The molecule has 1 aromatic carbocycles. The normalized spacial score (nSPS) is 17.5. The van der Waals surface area contributed by atoms with Crippen molar-refractivity contribution in [3.05, 3.63) is 35.9 Å². The molecule has 1 aromatic rings. The van der Waals surface area contributed by atoms with E-state index in [1.54, 1.807) is 0 Å². The first kappa shape index (κ1) is 21.1. The second kappa shape index (κ2) is 10.8. The Labute approximate surface area is 144 Å². The molecule has 1 heterocycles. The summed E-state index contributed by atoms with van der Waals surface area (Å²) in [6, 6.07) is 8.90. The Morgan fingerprint density at radius 1 is 1.27 bits per heavy atom. The summed E-state index contributed by atoms with van der Waals surface area (Å²) in [5.41, 5.74) is 6.81. The van der Waals surface area contributed by atoms with Crippen LogP contribution in [-0.2, 0) is 9.53 Å². The van der Waals surface area contributed by atoms with Crippen LogP contribution in [0, 0.1) is 0 Å². The summed E-state index contributed by atoms with van der Waals surface area (Å²) >= 11 is 0. The number of morpholine rings is 1. The van der Waals surface area contributed by atoms with Gasteiger partial charge in [-0.2, -0.15) is 0 Å². The van der Waals surface area contributed by atoms with Crippen LogP contribution >= 0.6 is 24.8 Å². The number of halogens is 2. The van der Waals surface area contributed by atoms with Crippen molar-refractivity contribution in [2.24, 2.45) is 5.73 Å². The Balaban J connectivity index is 0.00000220. The molecule has 2 atom stereocenters. The number of ether oxygens (including phenoxy) is 1. The molecule has 22 heavy (non-hydrogen) atoms. The number of carbonyl (C=O) groups excluding carboxylic acids is 1. The molecule has 1 fully saturated rings. The van der Waals surface area contributed by atoms with Crippen LogP contribution in [0.5, 0.6) is 0 Å². The number of hydrogen-bond acceptors (Lipinski definition) is 4. The molecule has 3 N–H and O–H groups in total. The molecule has 0 radical (unpaired) electrons. The molecule has 0 saturated carbocycles. The summed E-state index contributed by atoms with van der Waals surface area (Å²) in [6.45, 7) is 6.21. The lowest BCUT2D eigenvalue weighted by Crippen LogP contribution is -2.47. The molecule has 0 aromatic heterocycles. The molecular weight excluding hydrogens is 325 g/mol. The van der Waals surface area contributed by atoms with E-state index in [2.05, 4.69) is 10.2 Å². The summed E-state index contributed by atoms with van der Waals surface area (Å²) in [5.74, 6) is -0.128. The standard InChI is InChI=1S/C15H23N3O2.2ClH/c1-12(11-18-7-9-20-10-8-18)17-15(19)14(16)13-5-3-2-4-6-13;;/h2-6,12,14H,7-11,16H2,1H3,(H,17,19);2*1H. The maximum absolute atomic E-state index is 12.1. The molecule has 1 amide bonds. The third-order valence-corrected chi connectivity index (χ3v) is 3.47. The SMILES string of the molecule is CC(CN1CCOCC1)NC(=O)C(N)c1ccccc1.Cl.Cl. The molecule has 1 aliphatic heterocycles. The molecule has 1 aliphatic rings. The van der Waals surface area contributed by atoms with Gasteiger partial charge in [0.15, 0.2) is 0 Å². The average molecular weight is 350 g/mol. The summed E-state index contributed by atoms with van der Waals surface area (Å²) in [5, 5.41) is 2.98. The van der Waals surface area contributed by atoms with Crippen LogP contribution in [-0.4, -0.2) is 49.7 Å². The van der Waals surface area contributed by atoms with Crippen molar-refractivity contribution in [1.29, 1.82) is 0 Å². The highest BCUT2D eigenvalue weighted by Gasteiger charge is 2.19. The Morgan fingerprint density at radius 3 is 2.45 bits per heavy atom. The topological polar surface area (TPSA) is 67.6 Å². The van der Waals surface area contributed by atoms with Crippen LogP contribution in [0.25, 0.3) is 0 Å². The second-order valence-electron chi connectivity index (χ2n) is 5.21. The zero-order chi connectivity index (χ0) is 14.4. The van der Waals surface area contributed by atoms with Crippen LogP contribution in [0.1, 0.15) is 18.5 Å². The highest BCUT2D eigenvalue weighted by Crippen LogP contribution is 2.09. The number of nitrogens with zero attached hydrogens (tertiary/aromatic N) is 1. The highest BCUT2D eigenvalue weighted by atomic mass is 35.5. The predicted octanol–water partition coefficient (Wildman–Crippen LogP) is 1.37. The minimum absolute atomic E-state index is 0. The fraction of sp³-hybridized carbons (Fsp3) is 0.533. The zero-order valence-electron chi connectivity index (χ0n) is 12.7. The maximum atomic E-state index is 12.1. The fourth-order valence-corrected chi connectivity index (χ4v) is 2.36. The first-order valence-corrected chi connectivity index (χ1v) is 7.08. The minimum atomic E-state index is -0.608. The number of nitrogens with two attached hydrogens (primary N) is 1. The molecule has 126 valence electrons. The monoisotopic (exact) mass is 349 g/mol. The van der Waals surface area contributed by atoms with Gasteiger partial charge in [0.25, 0.3) is 0 Å². The third-order valence-electron chi connectivity index (χ3n) is 3.47. The van der Waals surface area contributed by atoms with E-state index in [0.29, 0.717) is 0 Å². The first-order valence-electron chi connectivity index (χ1n) is 7.08. The van der Waals surface area contributed by atoms with Crippen LogP contribution in [0.15, 0.2) is 30.3 Å². The molecular formula is C15H25Cl2N3O2. The summed E-state index contributed by atoms with van der Waals surface area (Å²) in [4.78, 5) is 14.4. The van der Waals surface area contributed by atoms with Crippen molar-refractivity contribution in [3.63, 3.8) is 0 Å². The van der Waals surface area contributed by atoms with Gasteiger partial charge in [0.1, 0.15) is 6.04 Å². The van der Waals surface area contributed by atoms with Crippen molar-refractivity contribution in [1.82, 2.24) is 10.2 Å². The number of amides is 1. The van der Waals surface area contributed by atoms with E-state index in [4.69, 9.17) is 10.5 Å². The largest absolute Gasteiger partial charge is 0.379 e. The van der Waals surface area contributed by atoms with Gasteiger partial charge in [-0.15, -0.1) is 24.8 Å². The number of carbonyl (C=O) groups is 1. The molecule has 0 spiro atoms. The van der Waals surface area contributed by atoms with Crippen LogP contribution in [0.2, 0.25) is 0 Å². The summed E-state index contributed by atoms with van der Waals surface area (Å²) in [7, 11) is 0. The van der Waals surface area contributed by atoms with E-state index < -0.39 is 6.04 Å². The van der Waals surface area contributed by atoms with Crippen molar-refractivity contribution < 1.29 is 9.53 Å². The molecule has 5 nitrogen and oxygen atoms in total. The number of hydrogen-bond donors (Lipinski definition) is 2. The van der Waals surface area contributed by atoms with E-state index in [-0.39, 0.29) is 36.8 Å². The van der Waals surface area contributed by atoms with Crippen molar-refractivity contribution in [2.75, 3.05) is 32.8 Å². The van der Waals surface area contributed by atoms with Crippen molar-refractivity contribution >= 4 is 30.7 Å². The van der Waals surface area contributed by atoms with Gasteiger partial charge in [0, 0.05) is 25.7 Å². The van der Waals surface area contributed by atoms with Gasteiger partial charge in [-0.05, 0) is 12.5 Å². The average Bonchev–Trinajstić information content (AvgIpc) is 2.48. The van der Waals surface area contributed by atoms with E-state index in [9.17, 15) is 4.79 Å². The van der Waals surface area contributed by atoms with E-state index in [0.717, 1.165) is 38.4 Å². The van der Waals surface area contributed by atoms with Crippen molar-refractivity contribution in [2.45, 2.75) is 19.0 Å². The van der Waals surface area contributed by atoms with Crippen LogP contribution < -0.4 is 11.1 Å². The maximum Gasteiger partial charge on any atom is 0.241 e. The number of nitrogens with one attached hydrogen (secondary N) is 1. The van der Waals surface area contributed by atoms with E-state index in [1.165, 1.54) is 0 Å². The molecule has 2 unspecified atom stereocenters. The lowest BCUT2D eigenvalue weighted by molar-refractivity contribution is -0.123.